The average molecular weight is 373 g/mol. The third-order valence-corrected chi connectivity index (χ3v) is 4.46. The molecule has 7 heteroatoms. The molecule has 1 aliphatic rings. The highest BCUT2D eigenvalue weighted by atomic mass is 35.5. The minimum absolute atomic E-state index is 0.303. The lowest BCUT2D eigenvalue weighted by Crippen LogP contribution is -2.41. The van der Waals surface area contributed by atoms with Crippen molar-refractivity contribution in [3.63, 3.8) is 0 Å². The van der Waals surface area contributed by atoms with Crippen molar-refractivity contribution in [1.82, 2.24) is 14.9 Å². The van der Waals surface area contributed by atoms with Gasteiger partial charge in [0.2, 0.25) is 0 Å². The molecule has 1 saturated heterocycles. The number of hydrogen-bond donors (Lipinski definition) is 2. The van der Waals surface area contributed by atoms with Crippen molar-refractivity contribution in [3.8, 4) is 0 Å². The van der Waals surface area contributed by atoms with Gasteiger partial charge in [0.05, 0.1) is 18.1 Å². The van der Waals surface area contributed by atoms with Crippen LogP contribution >= 0.6 is 11.6 Å². The maximum absolute atomic E-state index is 10.5. The van der Waals surface area contributed by atoms with E-state index in [-0.39, 0.29) is 0 Å². The number of rotatable bonds is 6. The number of aliphatic carboxylic acids is 1. The van der Waals surface area contributed by atoms with E-state index >= 15 is 0 Å². The summed E-state index contributed by atoms with van der Waals surface area (Å²) >= 11 is 6.07. The highest BCUT2D eigenvalue weighted by Crippen LogP contribution is 2.18. The van der Waals surface area contributed by atoms with Crippen LogP contribution < -0.4 is 5.32 Å². The molecule has 2 N–H and O–H groups in total. The Morgan fingerprint density at radius 3 is 3.00 bits per heavy atom. The van der Waals surface area contributed by atoms with Crippen LogP contribution in [0.25, 0.3) is 6.08 Å². The first kappa shape index (κ1) is 18.4. The monoisotopic (exact) mass is 372 g/mol. The molecule has 0 amide bonds. The first-order valence-electron chi connectivity index (χ1n) is 8.55. The van der Waals surface area contributed by atoms with Gasteiger partial charge in [-0.25, -0.2) is 9.78 Å². The molecule has 6 nitrogen and oxygen atoms in total. The lowest BCUT2D eigenvalue weighted by atomic mass is 10.0. The maximum atomic E-state index is 10.5. The van der Waals surface area contributed by atoms with Crippen LogP contribution in [0.5, 0.6) is 0 Å². The summed E-state index contributed by atoms with van der Waals surface area (Å²) in [6, 6.07) is 8.27. The fourth-order valence-electron chi connectivity index (χ4n) is 3.07. The summed E-state index contributed by atoms with van der Waals surface area (Å²) in [7, 11) is 0. The molecule has 0 unspecified atom stereocenters. The summed E-state index contributed by atoms with van der Waals surface area (Å²) in [6.07, 6.45) is 7.86. The van der Waals surface area contributed by atoms with Crippen LogP contribution in [-0.4, -0.2) is 45.1 Å². The van der Waals surface area contributed by atoms with E-state index in [1.807, 2.05) is 18.2 Å². The largest absolute Gasteiger partial charge is 0.478 e. The van der Waals surface area contributed by atoms with Crippen LogP contribution in [0.15, 0.2) is 42.7 Å². The Kier molecular flexibility index (Phi) is 6.20. The van der Waals surface area contributed by atoms with Crippen molar-refractivity contribution in [2.75, 3.05) is 18.4 Å². The molecule has 1 fully saturated rings. The number of nitrogens with one attached hydrogen (secondary N) is 1. The first-order chi connectivity index (χ1) is 12.6. The van der Waals surface area contributed by atoms with E-state index in [0.29, 0.717) is 17.6 Å². The number of piperidine rings is 1. The number of carbonyl (C=O) groups is 1. The quantitative estimate of drug-likeness (QED) is 0.757. The van der Waals surface area contributed by atoms with E-state index in [1.165, 1.54) is 11.6 Å². The van der Waals surface area contributed by atoms with E-state index in [4.69, 9.17) is 16.7 Å². The van der Waals surface area contributed by atoms with Gasteiger partial charge >= 0.3 is 5.97 Å². The molecule has 2 heterocycles. The highest BCUT2D eigenvalue weighted by Gasteiger charge is 2.20. The zero-order valence-corrected chi connectivity index (χ0v) is 15.1. The predicted molar refractivity (Wildman–Crippen MR) is 102 cm³/mol. The van der Waals surface area contributed by atoms with Gasteiger partial charge in [-0.3, -0.25) is 9.88 Å². The number of hydrogen-bond acceptors (Lipinski definition) is 5. The number of carboxylic acids is 1. The standard InChI is InChI=1S/C19H21ClN4O2/c20-15-4-1-3-14(9-15)12-24-8-2-5-17(13-24)23-18-11-21-16(10-22-18)6-7-19(25)26/h1,3-4,6-7,9-11,17H,2,5,8,12-13H2,(H,22,23)(H,25,26)/t17-/m1/s1. The average Bonchev–Trinajstić information content (AvgIpc) is 2.61. The van der Waals surface area contributed by atoms with E-state index in [2.05, 4.69) is 26.3 Å². The molecule has 0 saturated carbocycles. The first-order valence-corrected chi connectivity index (χ1v) is 8.93. The molecular weight excluding hydrogens is 352 g/mol. The molecule has 1 aromatic carbocycles. The molecule has 1 aliphatic heterocycles. The van der Waals surface area contributed by atoms with Crippen LogP contribution in [0.1, 0.15) is 24.1 Å². The van der Waals surface area contributed by atoms with Crippen molar-refractivity contribution < 1.29 is 9.90 Å². The Bertz CT molecular complexity index is 779. The maximum Gasteiger partial charge on any atom is 0.328 e. The van der Waals surface area contributed by atoms with Crippen molar-refractivity contribution in [3.05, 3.63) is 59.0 Å². The molecule has 2 aromatic rings. The van der Waals surface area contributed by atoms with E-state index < -0.39 is 5.97 Å². The van der Waals surface area contributed by atoms with Gasteiger partial charge in [-0.1, -0.05) is 23.7 Å². The van der Waals surface area contributed by atoms with Crippen LogP contribution in [-0.2, 0) is 11.3 Å². The Morgan fingerprint density at radius 1 is 1.38 bits per heavy atom. The zero-order valence-electron chi connectivity index (χ0n) is 14.3. The number of nitrogens with zero attached hydrogens (tertiary/aromatic N) is 3. The van der Waals surface area contributed by atoms with Crippen molar-refractivity contribution >= 4 is 29.5 Å². The van der Waals surface area contributed by atoms with Crippen LogP contribution in [0.3, 0.4) is 0 Å². The SMILES string of the molecule is O=C(O)C=Cc1cnc(N[C@@H]2CCCN(Cc3cccc(Cl)c3)C2)cn1. The second kappa shape index (κ2) is 8.78. The number of anilines is 1. The Balaban J connectivity index is 1.55. The van der Waals surface area contributed by atoms with Gasteiger partial charge in [0.15, 0.2) is 0 Å². The van der Waals surface area contributed by atoms with Gasteiger partial charge in [-0.15, -0.1) is 0 Å². The summed E-state index contributed by atoms with van der Waals surface area (Å²) < 4.78 is 0. The van der Waals surface area contributed by atoms with Gasteiger partial charge in [0.25, 0.3) is 0 Å². The lowest BCUT2D eigenvalue weighted by Gasteiger charge is -2.33. The van der Waals surface area contributed by atoms with Crippen LogP contribution in [0.2, 0.25) is 5.02 Å². The van der Waals surface area contributed by atoms with Crippen LogP contribution in [0.4, 0.5) is 5.82 Å². The third kappa shape index (κ3) is 5.54. The van der Waals surface area contributed by atoms with Gasteiger partial charge in [-0.2, -0.15) is 0 Å². The third-order valence-electron chi connectivity index (χ3n) is 4.22. The van der Waals surface area contributed by atoms with Gasteiger partial charge in [0.1, 0.15) is 5.82 Å². The van der Waals surface area contributed by atoms with E-state index in [9.17, 15) is 4.79 Å². The smallest absolute Gasteiger partial charge is 0.328 e. The second-order valence-electron chi connectivity index (χ2n) is 6.35. The Hall–Kier alpha value is -2.44. The summed E-state index contributed by atoms with van der Waals surface area (Å²) in [6.45, 7) is 2.87. The molecular formula is C19H21ClN4O2. The molecule has 0 radical (unpaired) electrons. The van der Waals surface area contributed by atoms with Crippen molar-refractivity contribution in [2.24, 2.45) is 0 Å². The van der Waals surface area contributed by atoms with Gasteiger partial charge in [-0.05, 0) is 43.2 Å². The summed E-state index contributed by atoms with van der Waals surface area (Å²) in [5.74, 6) is -0.303. The normalized spacial score (nSPS) is 18.1. The number of likely N-dealkylation sites (tertiary alicyclic amines) is 1. The fourth-order valence-corrected chi connectivity index (χ4v) is 3.29. The number of carboxylic acid groups (broad SMARTS) is 1. The number of aromatic nitrogens is 2. The molecule has 1 aromatic heterocycles. The van der Waals surface area contributed by atoms with Crippen LogP contribution in [0, 0.1) is 0 Å². The fraction of sp³-hybridized carbons (Fsp3) is 0.316. The zero-order chi connectivity index (χ0) is 18.4. The van der Waals surface area contributed by atoms with E-state index in [0.717, 1.165) is 43.6 Å². The number of halogens is 1. The Labute approximate surface area is 157 Å². The van der Waals surface area contributed by atoms with E-state index in [1.54, 1.807) is 12.4 Å². The number of benzene rings is 1. The molecule has 136 valence electrons. The van der Waals surface area contributed by atoms with Crippen molar-refractivity contribution in [2.45, 2.75) is 25.4 Å². The highest BCUT2D eigenvalue weighted by molar-refractivity contribution is 6.30. The summed E-state index contributed by atoms with van der Waals surface area (Å²) in [4.78, 5) is 21.5. The molecule has 3 rings (SSSR count). The summed E-state index contributed by atoms with van der Waals surface area (Å²) in [5.41, 5.74) is 1.73. The van der Waals surface area contributed by atoms with Gasteiger partial charge < -0.3 is 10.4 Å². The molecule has 0 bridgehead atoms. The summed E-state index contributed by atoms with van der Waals surface area (Å²) in [5, 5.41) is 12.8. The van der Waals surface area contributed by atoms with Crippen molar-refractivity contribution in [1.29, 1.82) is 0 Å². The molecule has 0 aliphatic carbocycles. The minimum atomic E-state index is -1.00. The molecule has 26 heavy (non-hydrogen) atoms. The minimum Gasteiger partial charge on any atom is -0.478 e. The second-order valence-corrected chi connectivity index (χ2v) is 6.78. The Morgan fingerprint density at radius 2 is 2.27 bits per heavy atom. The molecule has 1 atom stereocenters. The molecule has 0 spiro atoms. The van der Waals surface area contributed by atoms with Gasteiger partial charge in [0, 0.05) is 30.2 Å². The predicted octanol–water partition coefficient (Wildman–Crippen LogP) is 3.30. The topological polar surface area (TPSA) is 78.3 Å². The lowest BCUT2D eigenvalue weighted by molar-refractivity contribution is -0.131.